The van der Waals surface area contributed by atoms with Gasteiger partial charge in [-0.3, -0.25) is 0 Å². The molecule has 3 aliphatic carbocycles. The van der Waals surface area contributed by atoms with Crippen LogP contribution >= 0.6 is 0 Å². The summed E-state index contributed by atoms with van der Waals surface area (Å²) in [5.74, 6) is 4.64. The molecule has 3 aliphatic rings. The second-order valence-corrected chi connectivity index (χ2v) is 8.77. The Morgan fingerprint density at radius 2 is 1.68 bits per heavy atom. The van der Waals surface area contributed by atoms with E-state index in [1.54, 1.807) is 0 Å². The van der Waals surface area contributed by atoms with Gasteiger partial charge in [0.25, 0.3) is 0 Å². The quantitative estimate of drug-likeness (QED) is 0.651. The van der Waals surface area contributed by atoms with Crippen LogP contribution in [-0.4, -0.2) is 6.54 Å². The van der Waals surface area contributed by atoms with Gasteiger partial charge in [-0.05, 0) is 66.9 Å². The maximum Gasteiger partial charge on any atom is -0.00459 e. The Morgan fingerprint density at radius 3 is 2.52 bits per heavy atom. The molecule has 6 atom stereocenters. The van der Waals surface area contributed by atoms with Crippen LogP contribution in [0, 0.1) is 35.5 Å². The molecular formula is C24H37N. The molecule has 0 spiro atoms. The van der Waals surface area contributed by atoms with E-state index >= 15 is 0 Å². The molecule has 0 aromatic carbocycles. The Hall–Kier alpha value is -1.08. The number of hydrogen-bond acceptors (Lipinski definition) is 1. The second-order valence-electron chi connectivity index (χ2n) is 8.77. The van der Waals surface area contributed by atoms with Gasteiger partial charge in [0.2, 0.25) is 0 Å². The lowest BCUT2D eigenvalue weighted by Gasteiger charge is -2.42. The van der Waals surface area contributed by atoms with Gasteiger partial charge in [0.05, 0.1) is 0 Å². The van der Waals surface area contributed by atoms with E-state index < -0.39 is 0 Å². The molecule has 1 heteroatoms. The molecule has 0 aromatic rings. The number of fused-ring (bicyclic) bond motifs is 1. The topological polar surface area (TPSA) is 26.0 Å². The largest absolute Gasteiger partial charge is 0.330 e. The maximum atomic E-state index is 6.35. The van der Waals surface area contributed by atoms with Crippen molar-refractivity contribution in [2.45, 2.75) is 58.8 Å². The van der Waals surface area contributed by atoms with Crippen LogP contribution in [0.2, 0.25) is 0 Å². The minimum Gasteiger partial charge on any atom is -0.330 e. The first kappa shape index (κ1) is 18.7. The third kappa shape index (κ3) is 4.56. The lowest BCUT2D eigenvalue weighted by Crippen LogP contribution is -2.37. The van der Waals surface area contributed by atoms with Crippen LogP contribution in [0.15, 0.2) is 48.1 Å². The Labute approximate surface area is 155 Å². The Morgan fingerprint density at radius 1 is 0.920 bits per heavy atom. The molecule has 2 saturated carbocycles. The molecule has 0 heterocycles. The highest BCUT2D eigenvalue weighted by Crippen LogP contribution is 2.47. The van der Waals surface area contributed by atoms with E-state index in [1.807, 2.05) is 0 Å². The van der Waals surface area contributed by atoms with Gasteiger partial charge in [-0.15, -0.1) is 0 Å². The van der Waals surface area contributed by atoms with Crippen molar-refractivity contribution in [3.8, 4) is 0 Å². The van der Waals surface area contributed by atoms with E-state index in [0.717, 1.165) is 30.2 Å². The summed E-state index contributed by atoms with van der Waals surface area (Å²) in [6.45, 7) is 5.86. The van der Waals surface area contributed by atoms with Crippen molar-refractivity contribution < 1.29 is 0 Å². The van der Waals surface area contributed by atoms with E-state index in [1.165, 1.54) is 50.5 Å². The smallest absolute Gasteiger partial charge is 0.00459 e. The summed E-state index contributed by atoms with van der Waals surface area (Å²) in [4.78, 5) is 0. The van der Waals surface area contributed by atoms with Crippen LogP contribution in [0.1, 0.15) is 58.8 Å². The van der Waals surface area contributed by atoms with E-state index in [2.05, 4.69) is 56.4 Å². The van der Waals surface area contributed by atoms with E-state index in [0.29, 0.717) is 11.8 Å². The Balaban J connectivity index is 1.88. The summed E-state index contributed by atoms with van der Waals surface area (Å²) in [5, 5.41) is 0. The fraction of sp³-hybridized carbons (Fsp3) is 0.667. The summed E-state index contributed by atoms with van der Waals surface area (Å²) in [5.41, 5.74) is 7.85. The Kier molecular flexibility index (Phi) is 6.76. The number of rotatable bonds is 2. The average molecular weight is 340 g/mol. The highest BCUT2D eigenvalue weighted by Gasteiger charge is 2.38. The van der Waals surface area contributed by atoms with Crippen LogP contribution < -0.4 is 5.73 Å². The van der Waals surface area contributed by atoms with E-state index in [4.69, 9.17) is 5.73 Å². The predicted octanol–water partition coefficient (Wildman–Crippen LogP) is 6.05. The molecule has 3 rings (SSSR count). The minimum absolute atomic E-state index is 0.639. The van der Waals surface area contributed by atoms with Crippen LogP contribution in [-0.2, 0) is 0 Å². The first-order valence-electron chi connectivity index (χ1n) is 10.6. The third-order valence-electron chi connectivity index (χ3n) is 7.34. The molecule has 0 bridgehead atoms. The summed E-state index contributed by atoms with van der Waals surface area (Å²) in [7, 11) is 0. The van der Waals surface area contributed by atoms with Crippen molar-refractivity contribution in [1.82, 2.24) is 0 Å². The zero-order chi connectivity index (χ0) is 17.6. The molecule has 1 nitrogen and oxygen atoms in total. The zero-order valence-corrected chi connectivity index (χ0v) is 16.2. The molecule has 5 unspecified atom stereocenters. The van der Waals surface area contributed by atoms with Crippen LogP contribution in [0.4, 0.5) is 0 Å². The van der Waals surface area contributed by atoms with Gasteiger partial charge in [0.1, 0.15) is 0 Å². The second kappa shape index (κ2) is 9.03. The van der Waals surface area contributed by atoms with Gasteiger partial charge in [-0.2, -0.15) is 0 Å². The van der Waals surface area contributed by atoms with Crippen molar-refractivity contribution in [2.75, 3.05) is 6.54 Å². The van der Waals surface area contributed by atoms with Crippen LogP contribution in [0.3, 0.4) is 0 Å². The summed E-state index contributed by atoms with van der Waals surface area (Å²) >= 11 is 0. The van der Waals surface area contributed by atoms with E-state index in [9.17, 15) is 0 Å². The first-order chi connectivity index (χ1) is 12.2. The predicted molar refractivity (Wildman–Crippen MR) is 109 cm³/mol. The monoisotopic (exact) mass is 339 g/mol. The normalized spacial score (nSPS) is 42.0. The highest BCUT2D eigenvalue weighted by molar-refractivity contribution is 5.33. The average Bonchev–Trinajstić information content (AvgIpc) is 2.80. The SMILES string of the molecule is CC1CC2CCCCCC2[C@H](CN)CC(C2=C/C=C\C=C/C=C2)C1C. The molecule has 25 heavy (non-hydrogen) atoms. The highest BCUT2D eigenvalue weighted by atomic mass is 14.6. The molecule has 0 radical (unpaired) electrons. The minimum atomic E-state index is 0.639. The first-order valence-corrected chi connectivity index (χ1v) is 10.6. The summed E-state index contributed by atoms with van der Waals surface area (Å²) in [6.07, 6.45) is 25.3. The number of allylic oxidation sites excluding steroid dienone is 8. The van der Waals surface area contributed by atoms with Crippen LogP contribution in [0.5, 0.6) is 0 Å². The van der Waals surface area contributed by atoms with Gasteiger partial charge in [0.15, 0.2) is 0 Å². The van der Waals surface area contributed by atoms with E-state index in [-0.39, 0.29) is 0 Å². The van der Waals surface area contributed by atoms with Gasteiger partial charge in [-0.1, -0.05) is 82.1 Å². The van der Waals surface area contributed by atoms with Crippen molar-refractivity contribution in [1.29, 1.82) is 0 Å². The molecule has 2 N–H and O–H groups in total. The van der Waals surface area contributed by atoms with Crippen molar-refractivity contribution in [3.05, 3.63) is 48.1 Å². The van der Waals surface area contributed by atoms with Gasteiger partial charge < -0.3 is 5.73 Å². The lowest BCUT2D eigenvalue weighted by atomic mass is 9.63. The van der Waals surface area contributed by atoms with Gasteiger partial charge in [0, 0.05) is 0 Å². The van der Waals surface area contributed by atoms with Crippen molar-refractivity contribution in [3.63, 3.8) is 0 Å². The van der Waals surface area contributed by atoms with Gasteiger partial charge in [-0.25, -0.2) is 0 Å². The summed E-state index contributed by atoms with van der Waals surface area (Å²) in [6, 6.07) is 0. The number of hydrogen-bond donors (Lipinski definition) is 1. The fourth-order valence-corrected chi connectivity index (χ4v) is 5.67. The summed E-state index contributed by atoms with van der Waals surface area (Å²) < 4.78 is 0. The van der Waals surface area contributed by atoms with Gasteiger partial charge >= 0.3 is 0 Å². The number of nitrogens with two attached hydrogens (primary N) is 1. The molecule has 0 aliphatic heterocycles. The molecule has 138 valence electrons. The lowest BCUT2D eigenvalue weighted by molar-refractivity contribution is 0.0996. The van der Waals surface area contributed by atoms with Crippen molar-refractivity contribution >= 4 is 0 Å². The third-order valence-corrected chi connectivity index (χ3v) is 7.34. The van der Waals surface area contributed by atoms with Crippen molar-refractivity contribution in [2.24, 2.45) is 41.2 Å². The molecule has 0 aromatic heterocycles. The molecular weight excluding hydrogens is 302 g/mol. The molecule has 0 amide bonds. The molecule has 2 fully saturated rings. The zero-order valence-electron chi connectivity index (χ0n) is 16.2. The molecule has 0 saturated heterocycles. The van der Waals surface area contributed by atoms with Crippen LogP contribution in [0.25, 0.3) is 0 Å². The fourth-order valence-electron chi connectivity index (χ4n) is 5.67. The maximum absolute atomic E-state index is 6.35. The Bertz CT molecular complexity index is 538. The standard InChI is InChI=1S/C24H37N/c1-18-15-21-13-9-6-10-14-23(21)22(17-25)16-24(19(18)2)20-11-7-4-3-5-8-12-20/h3-5,7-8,11-12,18-19,21-24H,6,9-10,13-17,25H2,1-2H3/b4-3-,5-3?,7-4?,8-5-,11-7?,12-8?,20-11?,20-12?/t18?,19?,21?,22-,23?,24?/m0/s1.